The van der Waals surface area contributed by atoms with Gasteiger partial charge in [-0.2, -0.15) is 18.3 Å². The van der Waals surface area contributed by atoms with Crippen LogP contribution >= 0.6 is 0 Å². The lowest BCUT2D eigenvalue weighted by atomic mass is 10.1. The molecule has 4 aromatic rings. The van der Waals surface area contributed by atoms with Gasteiger partial charge >= 0.3 is 11.9 Å². The van der Waals surface area contributed by atoms with Crippen LogP contribution in [0.5, 0.6) is 0 Å². The summed E-state index contributed by atoms with van der Waals surface area (Å²) in [6.45, 7) is 9.69. The van der Waals surface area contributed by atoms with Crippen molar-refractivity contribution < 1.29 is 13.2 Å². The summed E-state index contributed by atoms with van der Waals surface area (Å²) in [6, 6.07) is 12.2. The summed E-state index contributed by atoms with van der Waals surface area (Å²) in [7, 11) is 0. The van der Waals surface area contributed by atoms with Gasteiger partial charge in [-0.25, -0.2) is 14.3 Å². The number of alkyl halides is 3. The molecule has 188 valence electrons. The summed E-state index contributed by atoms with van der Waals surface area (Å²) in [4.78, 5) is 30.9. The fourth-order valence-corrected chi connectivity index (χ4v) is 4.69. The second kappa shape index (κ2) is 9.22. The Hall–Kier alpha value is -4.43. The van der Waals surface area contributed by atoms with Crippen molar-refractivity contribution in [3.8, 4) is 22.6 Å². The van der Waals surface area contributed by atoms with Crippen LogP contribution in [-0.2, 0) is 6.18 Å². The molecule has 1 atom stereocenters. The Balaban J connectivity index is 1.80. The van der Waals surface area contributed by atoms with E-state index in [-0.39, 0.29) is 16.9 Å². The Morgan fingerprint density at radius 2 is 1.84 bits per heavy atom. The first kappa shape index (κ1) is 24.3. The number of nitrogens with one attached hydrogen (secondary N) is 1. The first-order valence-electron chi connectivity index (χ1n) is 11.5. The quantitative estimate of drug-likeness (QED) is 0.420. The van der Waals surface area contributed by atoms with Crippen LogP contribution in [0.1, 0.15) is 23.7 Å². The lowest BCUT2D eigenvalue weighted by molar-refractivity contribution is -0.137. The zero-order chi connectivity index (χ0) is 26.3. The molecule has 11 heteroatoms. The van der Waals surface area contributed by atoms with Crippen molar-refractivity contribution in [2.24, 2.45) is 0 Å². The summed E-state index contributed by atoms with van der Waals surface area (Å²) in [6.07, 6.45) is -2.58. The molecule has 0 unspecified atom stereocenters. The van der Waals surface area contributed by atoms with E-state index >= 15 is 0 Å². The number of benzene rings is 2. The highest BCUT2D eigenvalue weighted by Crippen LogP contribution is 2.31. The fourth-order valence-electron chi connectivity index (χ4n) is 4.69. The van der Waals surface area contributed by atoms with Gasteiger partial charge in [0.2, 0.25) is 0 Å². The molecule has 0 amide bonds. The van der Waals surface area contributed by atoms with Gasteiger partial charge in [0, 0.05) is 12.2 Å². The van der Waals surface area contributed by atoms with Gasteiger partial charge in [-0.15, -0.1) is 0 Å². The average Bonchev–Trinajstić information content (AvgIpc) is 3.57. The number of aromatic nitrogens is 4. The molecule has 1 saturated heterocycles. The molecule has 0 saturated carbocycles. The van der Waals surface area contributed by atoms with E-state index in [4.69, 9.17) is 6.57 Å². The third kappa shape index (κ3) is 4.25. The van der Waals surface area contributed by atoms with Crippen molar-refractivity contribution in [2.75, 3.05) is 13.1 Å². The molecule has 1 aliphatic rings. The van der Waals surface area contributed by atoms with E-state index in [0.717, 1.165) is 21.3 Å². The summed E-state index contributed by atoms with van der Waals surface area (Å²) >= 11 is 0. The Bertz CT molecular complexity index is 1640. The van der Waals surface area contributed by atoms with Crippen LogP contribution < -0.4 is 16.6 Å². The van der Waals surface area contributed by atoms with Gasteiger partial charge in [0.1, 0.15) is 0 Å². The Labute approximate surface area is 209 Å². The highest BCUT2D eigenvalue weighted by atomic mass is 19.4. The van der Waals surface area contributed by atoms with E-state index in [1.54, 1.807) is 30.3 Å². The first-order chi connectivity index (χ1) is 17.7. The minimum atomic E-state index is -4.60. The molecule has 5 rings (SSSR count). The van der Waals surface area contributed by atoms with Crippen molar-refractivity contribution in [3.63, 3.8) is 0 Å². The minimum Gasteiger partial charge on any atom is -0.315 e. The normalized spacial score (nSPS) is 15.6. The number of hydrogen-bond acceptors (Lipinski definition) is 4. The molecule has 37 heavy (non-hydrogen) atoms. The number of rotatable bonds is 4. The minimum absolute atomic E-state index is 0.00533. The van der Waals surface area contributed by atoms with Crippen LogP contribution in [0.3, 0.4) is 0 Å². The maximum atomic E-state index is 13.9. The van der Waals surface area contributed by atoms with Gasteiger partial charge in [-0.05, 0) is 56.3 Å². The van der Waals surface area contributed by atoms with Crippen LogP contribution in [0.25, 0.3) is 27.5 Å². The van der Waals surface area contributed by atoms with E-state index in [0.29, 0.717) is 36.6 Å². The molecular weight excluding hydrogens is 485 g/mol. The summed E-state index contributed by atoms with van der Waals surface area (Å²) in [5.74, 6) is 0. The maximum absolute atomic E-state index is 13.9. The highest BCUT2D eigenvalue weighted by molar-refractivity contribution is 5.65. The van der Waals surface area contributed by atoms with E-state index in [2.05, 4.69) is 15.3 Å². The second-order valence-electron chi connectivity index (χ2n) is 8.70. The molecule has 1 N–H and O–H groups in total. The van der Waals surface area contributed by atoms with Crippen LogP contribution in [-0.4, -0.2) is 32.0 Å². The van der Waals surface area contributed by atoms with Gasteiger partial charge in [0.25, 0.3) is 5.56 Å². The second-order valence-corrected chi connectivity index (χ2v) is 8.70. The number of nitrogens with zero attached hydrogens (tertiary/aromatic N) is 5. The molecule has 8 nitrogen and oxygen atoms in total. The maximum Gasteiger partial charge on any atom is 0.416 e. The zero-order valence-electron chi connectivity index (χ0n) is 19.7. The SMILES string of the molecule is [C-]#[N+]c1ccc(-n2nccc2-c2c(C)n(-c3cccc(C(F)(F)F)c3)c(=O)n([C@@H]3CCNC3)c2=O)cc1. The highest BCUT2D eigenvalue weighted by Gasteiger charge is 2.32. The summed E-state index contributed by atoms with van der Waals surface area (Å²) < 4.78 is 44.3. The van der Waals surface area contributed by atoms with Gasteiger partial charge in [-0.3, -0.25) is 13.9 Å². The molecular formula is C26H21F3N6O2. The third-order valence-corrected chi connectivity index (χ3v) is 6.48. The average molecular weight is 506 g/mol. The smallest absolute Gasteiger partial charge is 0.315 e. The molecule has 1 fully saturated rings. The van der Waals surface area contributed by atoms with Crippen molar-refractivity contribution in [1.82, 2.24) is 24.2 Å². The van der Waals surface area contributed by atoms with Gasteiger partial charge < -0.3 is 5.32 Å². The van der Waals surface area contributed by atoms with Crippen LogP contribution in [0.15, 0.2) is 70.4 Å². The lowest BCUT2D eigenvalue weighted by Crippen LogP contribution is -2.44. The summed E-state index contributed by atoms with van der Waals surface area (Å²) in [5, 5.41) is 7.47. The van der Waals surface area contributed by atoms with E-state index in [1.165, 1.54) is 29.9 Å². The first-order valence-corrected chi connectivity index (χ1v) is 11.5. The monoisotopic (exact) mass is 506 g/mol. The van der Waals surface area contributed by atoms with Gasteiger partial charge in [0.15, 0.2) is 5.69 Å². The topological polar surface area (TPSA) is 78.2 Å². The third-order valence-electron chi connectivity index (χ3n) is 6.48. The Kier molecular flexibility index (Phi) is 6.05. The fraction of sp³-hybridized carbons (Fsp3) is 0.231. The van der Waals surface area contributed by atoms with Crippen molar-refractivity contribution in [3.05, 3.63) is 104 Å². The standard InChI is InChI=1S/C26H21F3N6O2/c1-16-23(22-11-13-32-35(22)19-8-6-18(30-2)7-9-19)24(36)34(21-10-12-31-15-21)25(37)33(16)20-5-3-4-17(14-20)26(27,28)29/h3-9,11,13-14,21,31H,10,12,15H2,1H3/t21-/m1/s1. The molecule has 0 radical (unpaired) electrons. The molecule has 0 aliphatic carbocycles. The number of halogens is 3. The van der Waals surface area contributed by atoms with Crippen LogP contribution in [0.2, 0.25) is 0 Å². The summed E-state index contributed by atoms with van der Waals surface area (Å²) in [5.41, 5.74) is -0.412. The molecule has 3 heterocycles. The van der Waals surface area contributed by atoms with Crippen molar-refractivity contribution >= 4 is 5.69 Å². The molecule has 1 aliphatic heterocycles. The Morgan fingerprint density at radius 3 is 2.49 bits per heavy atom. The van der Waals surface area contributed by atoms with Crippen molar-refractivity contribution in [2.45, 2.75) is 25.6 Å². The Morgan fingerprint density at radius 1 is 1.08 bits per heavy atom. The van der Waals surface area contributed by atoms with E-state index in [1.807, 2.05) is 0 Å². The largest absolute Gasteiger partial charge is 0.416 e. The predicted molar refractivity (Wildman–Crippen MR) is 131 cm³/mol. The van der Waals surface area contributed by atoms with Crippen LogP contribution in [0, 0.1) is 13.5 Å². The molecule has 0 spiro atoms. The molecule has 2 aromatic carbocycles. The lowest BCUT2D eigenvalue weighted by Gasteiger charge is -2.21. The number of hydrogen-bond donors (Lipinski definition) is 1. The van der Waals surface area contributed by atoms with Crippen LogP contribution in [0.4, 0.5) is 18.9 Å². The zero-order valence-corrected chi connectivity index (χ0v) is 19.7. The molecule has 0 bridgehead atoms. The predicted octanol–water partition coefficient (Wildman–Crippen LogP) is 4.26. The van der Waals surface area contributed by atoms with Gasteiger partial charge in [0.05, 0.1) is 47.0 Å². The van der Waals surface area contributed by atoms with E-state index < -0.39 is 29.0 Å². The molecule has 2 aromatic heterocycles. The van der Waals surface area contributed by atoms with Crippen molar-refractivity contribution in [1.29, 1.82) is 0 Å². The van der Waals surface area contributed by atoms with E-state index in [9.17, 15) is 22.8 Å². The van der Waals surface area contributed by atoms with Gasteiger partial charge in [-0.1, -0.05) is 18.2 Å².